The van der Waals surface area contributed by atoms with Gasteiger partial charge in [0, 0.05) is 18.3 Å². The van der Waals surface area contributed by atoms with Crippen LogP contribution in [0.3, 0.4) is 0 Å². The highest BCUT2D eigenvalue weighted by Gasteiger charge is 2.20. The van der Waals surface area contributed by atoms with Crippen molar-refractivity contribution >= 4 is 27.6 Å². The number of benzene rings is 1. The smallest absolute Gasteiger partial charge is 0.357 e. The molecule has 0 spiro atoms. The number of nitrogens with zero attached hydrogens (tertiary/aromatic N) is 2. The van der Waals surface area contributed by atoms with Gasteiger partial charge < -0.3 is 10.8 Å². The number of anilines is 1. The molecule has 0 unspecified atom stereocenters. The summed E-state index contributed by atoms with van der Waals surface area (Å²) in [5, 5.41) is 13.0. The maximum absolute atomic E-state index is 11.1. The predicted octanol–water partition coefficient (Wildman–Crippen LogP) is 2.13. The molecule has 0 saturated heterocycles. The second kappa shape index (κ2) is 4.21. The van der Waals surface area contributed by atoms with Gasteiger partial charge >= 0.3 is 5.97 Å². The molecule has 0 aliphatic carbocycles. The molecule has 0 bridgehead atoms. The first-order chi connectivity index (χ1) is 8.00. The van der Waals surface area contributed by atoms with Crippen LogP contribution >= 0.6 is 15.9 Å². The molecule has 1 heterocycles. The minimum Gasteiger partial charge on any atom is -0.476 e. The minimum atomic E-state index is -1.06. The highest BCUT2D eigenvalue weighted by molar-refractivity contribution is 9.10. The van der Waals surface area contributed by atoms with Crippen LogP contribution in [-0.2, 0) is 7.05 Å². The largest absolute Gasteiger partial charge is 0.476 e. The number of rotatable bonds is 2. The fourth-order valence-electron chi connectivity index (χ4n) is 1.56. The van der Waals surface area contributed by atoms with Gasteiger partial charge in [-0.25, -0.2) is 4.79 Å². The number of aromatic carboxylic acids is 1. The lowest BCUT2D eigenvalue weighted by molar-refractivity contribution is 0.0690. The zero-order valence-electron chi connectivity index (χ0n) is 9.01. The van der Waals surface area contributed by atoms with Crippen LogP contribution in [0.5, 0.6) is 0 Å². The molecule has 0 aliphatic heterocycles. The number of carboxylic acids is 1. The van der Waals surface area contributed by atoms with Crippen LogP contribution in [0.25, 0.3) is 11.1 Å². The number of aromatic nitrogens is 2. The summed E-state index contributed by atoms with van der Waals surface area (Å²) in [7, 11) is 1.68. The van der Waals surface area contributed by atoms with E-state index in [9.17, 15) is 4.79 Å². The van der Waals surface area contributed by atoms with E-state index in [1.54, 1.807) is 31.3 Å². The van der Waals surface area contributed by atoms with E-state index in [0.717, 1.165) is 5.56 Å². The molecule has 88 valence electrons. The summed E-state index contributed by atoms with van der Waals surface area (Å²) in [5.41, 5.74) is 7.56. The SMILES string of the molecule is Cn1nc(C(=O)O)c(-c2ccc(N)cc2)c1Br. The van der Waals surface area contributed by atoms with Gasteiger partial charge in [0.15, 0.2) is 5.69 Å². The Hall–Kier alpha value is -1.82. The standard InChI is InChI=1S/C11H10BrN3O2/c1-15-10(12)8(9(14-15)11(16)17)6-2-4-7(13)5-3-6/h2-5H,13H2,1H3,(H,16,17). The number of carbonyl (C=O) groups is 1. The molecular formula is C11H10BrN3O2. The van der Waals surface area contributed by atoms with E-state index in [0.29, 0.717) is 15.9 Å². The van der Waals surface area contributed by atoms with E-state index in [1.165, 1.54) is 4.68 Å². The molecule has 17 heavy (non-hydrogen) atoms. The Morgan fingerprint density at radius 2 is 2.00 bits per heavy atom. The summed E-state index contributed by atoms with van der Waals surface area (Å²) in [6, 6.07) is 6.98. The maximum Gasteiger partial charge on any atom is 0.357 e. The summed E-state index contributed by atoms with van der Waals surface area (Å²) >= 11 is 3.33. The van der Waals surface area contributed by atoms with Crippen molar-refractivity contribution in [3.05, 3.63) is 34.6 Å². The van der Waals surface area contributed by atoms with E-state index in [4.69, 9.17) is 10.8 Å². The third kappa shape index (κ3) is 2.03. The second-order valence-corrected chi connectivity index (χ2v) is 4.32. The fourth-order valence-corrected chi connectivity index (χ4v) is 2.05. The third-order valence-corrected chi connectivity index (χ3v) is 3.29. The second-order valence-electron chi connectivity index (χ2n) is 3.57. The number of carboxylic acid groups (broad SMARTS) is 1. The summed E-state index contributed by atoms with van der Waals surface area (Å²) in [4.78, 5) is 11.1. The van der Waals surface area contributed by atoms with Crippen LogP contribution in [-0.4, -0.2) is 20.9 Å². The van der Waals surface area contributed by atoms with Gasteiger partial charge in [-0.1, -0.05) is 12.1 Å². The molecule has 0 fully saturated rings. The normalized spacial score (nSPS) is 10.5. The molecule has 2 aromatic rings. The lowest BCUT2D eigenvalue weighted by atomic mass is 10.1. The van der Waals surface area contributed by atoms with Crippen molar-refractivity contribution < 1.29 is 9.90 Å². The maximum atomic E-state index is 11.1. The molecule has 0 radical (unpaired) electrons. The molecule has 0 amide bonds. The molecule has 0 aliphatic rings. The van der Waals surface area contributed by atoms with Crippen molar-refractivity contribution in [3.63, 3.8) is 0 Å². The first kappa shape index (κ1) is 11.7. The van der Waals surface area contributed by atoms with Crippen molar-refractivity contribution in [2.45, 2.75) is 0 Å². The fraction of sp³-hybridized carbons (Fsp3) is 0.0909. The van der Waals surface area contributed by atoms with Crippen molar-refractivity contribution in [1.82, 2.24) is 9.78 Å². The molecule has 1 aromatic carbocycles. The number of halogens is 1. The van der Waals surface area contributed by atoms with E-state index in [-0.39, 0.29) is 5.69 Å². The zero-order valence-corrected chi connectivity index (χ0v) is 10.6. The lowest BCUT2D eigenvalue weighted by Gasteiger charge is -2.01. The average Bonchev–Trinajstić information content (AvgIpc) is 2.57. The van der Waals surface area contributed by atoms with Crippen molar-refractivity contribution in [3.8, 4) is 11.1 Å². The zero-order chi connectivity index (χ0) is 12.6. The van der Waals surface area contributed by atoms with Gasteiger partial charge in [0.1, 0.15) is 4.60 Å². The van der Waals surface area contributed by atoms with Crippen molar-refractivity contribution in [2.24, 2.45) is 7.05 Å². The van der Waals surface area contributed by atoms with Gasteiger partial charge in [-0.3, -0.25) is 4.68 Å². The molecule has 3 N–H and O–H groups in total. The van der Waals surface area contributed by atoms with Gasteiger partial charge in [-0.05, 0) is 33.6 Å². The Kier molecular flexibility index (Phi) is 2.89. The molecule has 0 atom stereocenters. The molecule has 6 heteroatoms. The lowest BCUT2D eigenvalue weighted by Crippen LogP contribution is -2.00. The highest BCUT2D eigenvalue weighted by atomic mass is 79.9. The Morgan fingerprint density at radius 1 is 1.41 bits per heavy atom. The minimum absolute atomic E-state index is 0.0177. The number of nitrogens with two attached hydrogens (primary N) is 1. The summed E-state index contributed by atoms with van der Waals surface area (Å²) in [6.45, 7) is 0. The predicted molar refractivity (Wildman–Crippen MR) is 67.7 cm³/mol. The van der Waals surface area contributed by atoms with Crippen LogP contribution in [0.2, 0.25) is 0 Å². The number of aryl methyl sites for hydroxylation is 1. The molecule has 2 rings (SSSR count). The molecule has 0 saturated carbocycles. The molecular weight excluding hydrogens is 286 g/mol. The van der Waals surface area contributed by atoms with Crippen LogP contribution in [0.15, 0.2) is 28.9 Å². The van der Waals surface area contributed by atoms with Gasteiger partial charge in [-0.2, -0.15) is 5.10 Å². The Labute approximate surface area is 106 Å². The number of hydrogen-bond donors (Lipinski definition) is 2. The number of hydrogen-bond acceptors (Lipinski definition) is 3. The first-order valence-corrected chi connectivity index (χ1v) is 5.61. The van der Waals surface area contributed by atoms with E-state index >= 15 is 0 Å². The van der Waals surface area contributed by atoms with E-state index in [1.807, 2.05) is 0 Å². The number of nitrogen functional groups attached to an aromatic ring is 1. The van der Waals surface area contributed by atoms with Gasteiger partial charge in [-0.15, -0.1) is 0 Å². The average molecular weight is 296 g/mol. The van der Waals surface area contributed by atoms with Crippen LogP contribution in [0.4, 0.5) is 5.69 Å². The Balaban J connectivity index is 2.65. The van der Waals surface area contributed by atoms with E-state index in [2.05, 4.69) is 21.0 Å². The van der Waals surface area contributed by atoms with Crippen molar-refractivity contribution in [1.29, 1.82) is 0 Å². The third-order valence-electron chi connectivity index (χ3n) is 2.38. The summed E-state index contributed by atoms with van der Waals surface area (Å²) < 4.78 is 2.11. The van der Waals surface area contributed by atoms with Gasteiger partial charge in [0.05, 0.1) is 0 Å². The topological polar surface area (TPSA) is 81.1 Å². The highest BCUT2D eigenvalue weighted by Crippen LogP contribution is 2.31. The van der Waals surface area contributed by atoms with Crippen LogP contribution < -0.4 is 5.73 Å². The Bertz CT molecular complexity index is 575. The molecule has 1 aromatic heterocycles. The molecule has 5 nitrogen and oxygen atoms in total. The summed E-state index contributed by atoms with van der Waals surface area (Å²) in [6.07, 6.45) is 0. The van der Waals surface area contributed by atoms with Crippen LogP contribution in [0, 0.1) is 0 Å². The van der Waals surface area contributed by atoms with Gasteiger partial charge in [0.25, 0.3) is 0 Å². The van der Waals surface area contributed by atoms with Gasteiger partial charge in [0.2, 0.25) is 0 Å². The van der Waals surface area contributed by atoms with Crippen molar-refractivity contribution in [2.75, 3.05) is 5.73 Å². The quantitative estimate of drug-likeness (QED) is 0.832. The van der Waals surface area contributed by atoms with E-state index < -0.39 is 5.97 Å². The monoisotopic (exact) mass is 295 g/mol. The summed E-state index contributed by atoms with van der Waals surface area (Å²) in [5.74, 6) is -1.06. The van der Waals surface area contributed by atoms with Crippen LogP contribution in [0.1, 0.15) is 10.5 Å². The first-order valence-electron chi connectivity index (χ1n) is 4.82. The Morgan fingerprint density at radius 3 is 2.53 bits per heavy atom.